The molecule has 1 fully saturated rings. The van der Waals surface area contributed by atoms with Crippen LogP contribution in [0.1, 0.15) is 12.2 Å². The summed E-state index contributed by atoms with van der Waals surface area (Å²) in [5.74, 6) is 0.768. The summed E-state index contributed by atoms with van der Waals surface area (Å²) in [5.41, 5.74) is 9.28. The number of fused-ring (bicyclic) bond motifs is 1. The van der Waals surface area contributed by atoms with E-state index >= 15 is 0 Å². The third kappa shape index (κ3) is 5.13. The molecule has 7 heteroatoms. The summed E-state index contributed by atoms with van der Waals surface area (Å²) in [6.07, 6.45) is 8.09. The second-order valence-corrected chi connectivity index (χ2v) is 7.62. The predicted octanol–water partition coefficient (Wildman–Crippen LogP) is 2.51. The van der Waals surface area contributed by atoms with Crippen LogP contribution in [0.4, 0.5) is 0 Å². The maximum absolute atomic E-state index is 6.06. The van der Waals surface area contributed by atoms with Crippen molar-refractivity contribution in [3.8, 4) is 11.3 Å². The zero-order valence-electron chi connectivity index (χ0n) is 17.0. The van der Waals surface area contributed by atoms with Crippen LogP contribution in [-0.4, -0.2) is 77.4 Å². The summed E-state index contributed by atoms with van der Waals surface area (Å²) >= 11 is 0. The SMILES string of the molecule is CN1CCN(CCCOC(N)/C=C\c2ncc(-c3cccc4[nH]ccc34)[nH]2)CC1. The zero-order valence-corrected chi connectivity index (χ0v) is 17.0. The predicted molar refractivity (Wildman–Crippen MR) is 117 cm³/mol. The quantitative estimate of drug-likeness (QED) is 0.404. The van der Waals surface area contributed by atoms with Crippen LogP contribution in [0.15, 0.2) is 42.7 Å². The third-order valence-electron chi connectivity index (χ3n) is 5.45. The number of H-pyrrole nitrogens is 2. The lowest BCUT2D eigenvalue weighted by Gasteiger charge is -2.32. The van der Waals surface area contributed by atoms with Gasteiger partial charge in [-0.05, 0) is 37.8 Å². The van der Waals surface area contributed by atoms with Gasteiger partial charge in [0.1, 0.15) is 12.1 Å². The zero-order chi connectivity index (χ0) is 20.1. The molecule has 1 aromatic carbocycles. The molecule has 3 aromatic rings. The van der Waals surface area contributed by atoms with Crippen LogP contribution in [-0.2, 0) is 4.74 Å². The molecule has 0 bridgehead atoms. The van der Waals surface area contributed by atoms with Crippen molar-refractivity contribution in [3.63, 3.8) is 0 Å². The van der Waals surface area contributed by atoms with E-state index in [1.54, 1.807) is 0 Å². The fourth-order valence-corrected chi connectivity index (χ4v) is 3.70. The second kappa shape index (κ2) is 9.37. The number of piperazine rings is 1. The lowest BCUT2D eigenvalue weighted by atomic mass is 10.1. The normalized spacial score (nSPS) is 17.4. The van der Waals surface area contributed by atoms with Gasteiger partial charge in [-0.2, -0.15) is 0 Å². The highest BCUT2D eigenvalue weighted by Crippen LogP contribution is 2.26. The van der Waals surface area contributed by atoms with Crippen LogP contribution >= 0.6 is 0 Å². The summed E-state index contributed by atoms with van der Waals surface area (Å²) in [6.45, 7) is 6.30. The molecule has 154 valence electrons. The highest BCUT2D eigenvalue weighted by Gasteiger charge is 2.13. The summed E-state index contributed by atoms with van der Waals surface area (Å²) in [4.78, 5) is 15.9. The van der Waals surface area contributed by atoms with Gasteiger partial charge in [-0.25, -0.2) is 4.98 Å². The number of rotatable bonds is 8. The second-order valence-electron chi connectivity index (χ2n) is 7.62. The number of nitrogens with zero attached hydrogens (tertiary/aromatic N) is 3. The Morgan fingerprint density at radius 1 is 1.24 bits per heavy atom. The molecule has 0 amide bonds. The molecule has 29 heavy (non-hydrogen) atoms. The van der Waals surface area contributed by atoms with E-state index in [2.05, 4.69) is 50.0 Å². The van der Waals surface area contributed by atoms with E-state index in [4.69, 9.17) is 10.5 Å². The summed E-state index contributed by atoms with van der Waals surface area (Å²) in [5, 5.41) is 1.17. The molecule has 1 saturated heterocycles. The van der Waals surface area contributed by atoms with Gasteiger partial charge >= 0.3 is 0 Å². The highest BCUT2D eigenvalue weighted by molar-refractivity contribution is 5.94. The van der Waals surface area contributed by atoms with Crippen LogP contribution < -0.4 is 5.73 Å². The minimum absolute atomic E-state index is 0.427. The van der Waals surface area contributed by atoms with Gasteiger partial charge in [0.25, 0.3) is 0 Å². The fourth-order valence-electron chi connectivity index (χ4n) is 3.70. The van der Waals surface area contributed by atoms with E-state index in [1.165, 1.54) is 5.39 Å². The Balaban J connectivity index is 1.25. The molecule has 0 saturated carbocycles. The largest absolute Gasteiger partial charge is 0.361 e. The van der Waals surface area contributed by atoms with Gasteiger partial charge < -0.3 is 30.2 Å². The van der Waals surface area contributed by atoms with Gasteiger partial charge in [0.15, 0.2) is 0 Å². The molecule has 3 heterocycles. The van der Waals surface area contributed by atoms with Crippen molar-refractivity contribution in [2.45, 2.75) is 12.6 Å². The van der Waals surface area contributed by atoms with Gasteiger partial charge in [-0.1, -0.05) is 12.1 Å². The van der Waals surface area contributed by atoms with Gasteiger partial charge in [0.05, 0.1) is 18.5 Å². The first-order valence-corrected chi connectivity index (χ1v) is 10.3. The first-order valence-electron chi connectivity index (χ1n) is 10.3. The van der Waals surface area contributed by atoms with E-state index in [0.717, 1.165) is 61.7 Å². The average molecular weight is 395 g/mol. The lowest BCUT2D eigenvalue weighted by Crippen LogP contribution is -2.44. The topological polar surface area (TPSA) is 86.2 Å². The van der Waals surface area contributed by atoms with Crippen molar-refractivity contribution in [1.29, 1.82) is 0 Å². The van der Waals surface area contributed by atoms with Crippen molar-refractivity contribution in [1.82, 2.24) is 24.8 Å². The number of nitrogens with one attached hydrogen (secondary N) is 2. The number of ether oxygens (including phenoxy) is 1. The van der Waals surface area contributed by atoms with Crippen molar-refractivity contribution in [2.24, 2.45) is 5.73 Å². The standard InChI is InChI=1S/C22H30N6O/c1-27-11-13-28(14-12-27)10-3-15-29-21(23)6-7-22-25-16-20(26-22)17-4-2-5-19-18(17)8-9-24-19/h2,4-9,16,21,24H,3,10-15,23H2,1H3,(H,25,26)/b7-6-. The van der Waals surface area contributed by atoms with E-state index in [1.807, 2.05) is 30.6 Å². The minimum Gasteiger partial charge on any atom is -0.361 e. The highest BCUT2D eigenvalue weighted by atomic mass is 16.5. The van der Waals surface area contributed by atoms with Gasteiger partial charge in [0.2, 0.25) is 0 Å². The number of likely N-dealkylation sites (N-methyl/N-ethyl adjacent to an activating group) is 1. The van der Waals surface area contributed by atoms with E-state index < -0.39 is 6.23 Å². The lowest BCUT2D eigenvalue weighted by molar-refractivity contribution is 0.0747. The Labute approximate surface area is 171 Å². The molecule has 0 spiro atoms. The number of nitrogens with two attached hydrogens (primary N) is 1. The van der Waals surface area contributed by atoms with Crippen LogP contribution in [0.3, 0.4) is 0 Å². The molecule has 4 N–H and O–H groups in total. The Morgan fingerprint density at radius 2 is 2.10 bits per heavy atom. The van der Waals surface area contributed by atoms with E-state index in [0.29, 0.717) is 6.61 Å². The average Bonchev–Trinajstić information content (AvgIpc) is 3.40. The first-order chi connectivity index (χ1) is 14.2. The molecular formula is C22H30N6O. The molecule has 0 radical (unpaired) electrons. The molecule has 7 nitrogen and oxygen atoms in total. The monoisotopic (exact) mass is 394 g/mol. The van der Waals surface area contributed by atoms with Crippen LogP contribution in [0.2, 0.25) is 0 Å². The summed E-state index contributed by atoms with van der Waals surface area (Å²) < 4.78 is 5.72. The molecule has 4 rings (SSSR count). The number of hydrogen-bond acceptors (Lipinski definition) is 5. The van der Waals surface area contributed by atoms with E-state index in [9.17, 15) is 0 Å². The number of benzene rings is 1. The Morgan fingerprint density at radius 3 is 2.97 bits per heavy atom. The van der Waals surface area contributed by atoms with Crippen molar-refractivity contribution in [2.75, 3.05) is 46.4 Å². The van der Waals surface area contributed by atoms with Crippen LogP contribution in [0, 0.1) is 0 Å². The maximum atomic E-state index is 6.06. The summed E-state index contributed by atoms with van der Waals surface area (Å²) in [7, 11) is 2.18. The number of hydrogen-bond donors (Lipinski definition) is 3. The molecule has 0 aliphatic carbocycles. The molecule has 1 unspecified atom stereocenters. The Kier molecular flexibility index (Phi) is 6.41. The fraction of sp³-hybridized carbons (Fsp3) is 0.409. The number of aromatic nitrogens is 3. The van der Waals surface area contributed by atoms with Crippen molar-refractivity contribution in [3.05, 3.63) is 48.6 Å². The Bertz CT molecular complexity index is 938. The number of aromatic amines is 2. The molecule has 2 aromatic heterocycles. The van der Waals surface area contributed by atoms with Crippen molar-refractivity contribution < 1.29 is 4.74 Å². The smallest absolute Gasteiger partial charge is 0.130 e. The molecule has 1 atom stereocenters. The first kappa shape index (κ1) is 19.8. The van der Waals surface area contributed by atoms with E-state index in [-0.39, 0.29) is 0 Å². The van der Waals surface area contributed by atoms with Gasteiger partial charge in [0, 0.05) is 55.4 Å². The summed E-state index contributed by atoms with van der Waals surface area (Å²) in [6, 6.07) is 8.27. The van der Waals surface area contributed by atoms with Crippen LogP contribution in [0.25, 0.3) is 28.2 Å². The Hall–Kier alpha value is -2.45. The van der Waals surface area contributed by atoms with Gasteiger partial charge in [-0.3, -0.25) is 0 Å². The molecule has 1 aliphatic heterocycles. The van der Waals surface area contributed by atoms with Gasteiger partial charge in [-0.15, -0.1) is 0 Å². The maximum Gasteiger partial charge on any atom is 0.130 e. The minimum atomic E-state index is -0.427. The van der Waals surface area contributed by atoms with Crippen LogP contribution in [0.5, 0.6) is 0 Å². The molecule has 1 aliphatic rings. The number of imidazole rings is 1. The molecular weight excluding hydrogens is 364 g/mol. The van der Waals surface area contributed by atoms with Crippen molar-refractivity contribution >= 4 is 17.0 Å². The third-order valence-corrected chi connectivity index (χ3v) is 5.45.